The van der Waals surface area contributed by atoms with Crippen molar-refractivity contribution < 1.29 is 22.3 Å². The van der Waals surface area contributed by atoms with Crippen molar-refractivity contribution in [2.45, 2.75) is 38.2 Å². The predicted molar refractivity (Wildman–Crippen MR) is 73.8 cm³/mol. The van der Waals surface area contributed by atoms with Crippen molar-refractivity contribution in [2.24, 2.45) is 5.92 Å². The minimum atomic E-state index is -4.03. The van der Waals surface area contributed by atoms with Gasteiger partial charge in [-0.25, -0.2) is 17.6 Å². The normalized spacial score (nSPS) is 13.3. The monoisotopic (exact) mass is 322 g/mol. The Morgan fingerprint density at radius 1 is 1.35 bits per heavy atom. The highest BCUT2D eigenvalue weighted by Crippen LogP contribution is 2.20. The van der Waals surface area contributed by atoms with Crippen LogP contribution in [0, 0.1) is 11.7 Å². The highest BCUT2D eigenvalue weighted by Gasteiger charge is 2.20. The second-order valence-electron chi connectivity index (χ2n) is 4.92. The van der Waals surface area contributed by atoms with Crippen LogP contribution in [0.5, 0.6) is 0 Å². The highest BCUT2D eigenvalue weighted by molar-refractivity contribution is 8.13. The topological polar surface area (TPSA) is 60.4 Å². The minimum Gasteiger partial charge on any atom is -0.459 e. The van der Waals surface area contributed by atoms with E-state index in [1.54, 1.807) is 6.92 Å². The summed E-state index contributed by atoms with van der Waals surface area (Å²) in [5, 5.41) is 0. The molecule has 0 radical (unpaired) electrons. The van der Waals surface area contributed by atoms with Gasteiger partial charge in [-0.05, 0) is 37.5 Å². The molecule has 4 nitrogen and oxygen atoms in total. The lowest BCUT2D eigenvalue weighted by atomic mass is 10.1. The number of esters is 1. The predicted octanol–water partition coefficient (Wildman–Crippen LogP) is 3.34. The molecule has 0 spiro atoms. The molecule has 0 aliphatic heterocycles. The van der Waals surface area contributed by atoms with Gasteiger partial charge in [-0.15, -0.1) is 0 Å². The first-order valence-corrected chi connectivity index (χ1v) is 8.37. The number of carbonyl (C=O) groups excluding carboxylic acids is 1. The van der Waals surface area contributed by atoms with Gasteiger partial charge < -0.3 is 4.74 Å². The van der Waals surface area contributed by atoms with E-state index in [2.05, 4.69) is 0 Å². The van der Waals surface area contributed by atoms with Gasteiger partial charge in [0.1, 0.15) is 5.82 Å². The van der Waals surface area contributed by atoms with Crippen molar-refractivity contribution in [2.75, 3.05) is 0 Å². The number of hydrogen-bond donors (Lipinski definition) is 0. The molecule has 0 aliphatic carbocycles. The molecule has 0 saturated heterocycles. The Kier molecular flexibility index (Phi) is 5.53. The Bertz CT molecular complexity index is 598. The molecule has 0 heterocycles. The molecule has 1 atom stereocenters. The van der Waals surface area contributed by atoms with E-state index in [-0.39, 0.29) is 4.90 Å². The molecule has 1 rings (SSSR count). The average molecular weight is 323 g/mol. The van der Waals surface area contributed by atoms with Gasteiger partial charge in [0, 0.05) is 10.7 Å². The van der Waals surface area contributed by atoms with Crippen molar-refractivity contribution in [1.82, 2.24) is 0 Å². The first-order chi connectivity index (χ1) is 9.11. The molecule has 7 heteroatoms. The third kappa shape index (κ3) is 4.76. The molecule has 0 bridgehead atoms. The molecule has 0 saturated carbocycles. The molecule has 0 aromatic heterocycles. The SMILES string of the molecule is CC(C)CC(C)OC(=O)c1cc(S(=O)(=O)Cl)ccc1F. The molecule has 112 valence electrons. The van der Waals surface area contributed by atoms with Gasteiger partial charge in [0.15, 0.2) is 0 Å². The largest absolute Gasteiger partial charge is 0.459 e. The maximum absolute atomic E-state index is 13.6. The summed E-state index contributed by atoms with van der Waals surface area (Å²) in [6.45, 7) is 5.62. The van der Waals surface area contributed by atoms with Gasteiger partial charge in [-0.2, -0.15) is 0 Å². The van der Waals surface area contributed by atoms with Crippen LogP contribution in [0.1, 0.15) is 37.6 Å². The zero-order chi connectivity index (χ0) is 15.5. The molecule has 1 aromatic rings. The van der Waals surface area contributed by atoms with E-state index < -0.39 is 32.5 Å². The smallest absolute Gasteiger partial charge is 0.341 e. The van der Waals surface area contributed by atoms with Gasteiger partial charge in [-0.3, -0.25) is 0 Å². The summed E-state index contributed by atoms with van der Waals surface area (Å²) in [6.07, 6.45) is 0.235. The van der Waals surface area contributed by atoms with Crippen molar-refractivity contribution in [3.8, 4) is 0 Å². The van der Waals surface area contributed by atoms with Crippen LogP contribution in [0.3, 0.4) is 0 Å². The number of hydrogen-bond acceptors (Lipinski definition) is 4. The lowest BCUT2D eigenvalue weighted by molar-refractivity contribution is 0.0294. The maximum atomic E-state index is 13.6. The van der Waals surface area contributed by atoms with Crippen LogP contribution in [0.4, 0.5) is 4.39 Å². The van der Waals surface area contributed by atoms with Crippen molar-refractivity contribution in [3.63, 3.8) is 0 Å². The van der Waals surface area contributed by atoms with Gasteiger partial charge in [0.25, 0.3) is 9.05 Å². The third-order valence-corrected chi connectivity index (χ3v) is 3.90. The van der Waals surface area contributed by atoms with E-state index in [0.29, 0.717) is 12.3 Å². The summed E-state index contributed by atoms with van der Waals surface area (Å²) in [5.74, 6) is -1.44. The van der Waals surface area contributed by atoms with Crippen LogP contribution >= 0.6 is 10.7 Å². The Balaban J connectivity index is 2.98. The Hall–Kier alpha value is -1.14. The summed E-state index contributed by atoms with van der Waals surface area (Å²) < 4.78 is 41.0. The van der Waals surface area contributed by atoms with E-state index in [1.165, 1.54) is 0 Å². The van der Waals surface area contributed by atoms with Crippen LogP contribution in [0.2, 0.25) is 0 Å². The molecular weight excluding hydrogens is 307 g/mol. The van der Waals surface area contributed by atoms with Crippen molar-refractivity contribution in [3.05, 3.63) is 29.6 Å². The second-order valence-corrected chi connectivity index (χ2v) is 7.49. The van der Waals surface area contributed by atoms with Crippen LogP contribution < -0.4 is 0 Å². The fourth-order valence-corrected chi connectivity index (χ4v) is 2.55. The van der Waals surface area contributed by atoms with Crippen LogP contribution in [-0.4, -0.2) is 20.5 Å². The molecule has 0 amide bonds. The molecule has 1 unspecified atom stereocenters. The minimum absolute atomic E-state index is 0.317. The fourth-order valence-electron chi connectivity index (χ4n) is 1.77. The van der Waals surface area contributed by atoms with Crippen molar-refractivity contribution >= 4 is 25.7 Å². The number of carbonyl (C=O) groups is 1. The highest BCUT2D eigenvalue weighted by atomic mass is 35.7. The summed E-state index contributed by atoms with van der Waals surface area (Å²) in [6, 6.07) is 2.74. The van der Waals surface area contributed by atoms with E-state index in [9.17, 15) is 17.6 Å². The number of benzene rings is 1. The van der Waals surface area contributed by atoms with Crippen molar-refractivity contribution in [1.29, 1.82) is 0 Å². The van der Waals surface area contributed by atoms with E-state index in [1.807, 2.05) is 13.8 Å². The molecule has 1 aromatic carbocycles. The summed E-state index contributed by atoms with van der Waals surface area (Å²) >= 11 is 0. The number of halogens is 2. The molecule has 0 N–H and O–H groups in total. The summed E-state index contributed by atoms with van der Waals surface area (Å²) in [4.78, 5) is 11.5. The lowest BCUT2D eigenvalue weighted by Gasteiger charge is -2.15. The Labute approximate surface area is 122 Å². The standard InChI is InChI=1S/C13H16ClFO4S/c1-8(2)6-9(3)19-13(16)11-7-10(20(14,17)18)4-5-12(11)15/h4-5,7-9H,6H2,1-3H3. The quantitative estimate of drug-likeness (QED) is 0.616. The number of ether oxygens (including phenoxy) is 1. The van der Waals surface area contributed by atoms with E-state index >= 15 is 0 Å². The van der Waals surface area contributed by atoms with Gasteiger partial charge in [0.05, 0.1) is 16.6 Å². The molecule has 0 aliphatic rings. The average Bonchev–Trinajstić information content (AvgIpc) is 2.26. The van der Waals surface area contributed by atoms with Gasteiger partial charge in [0.2, 0.25) is 0 Å². The Morgan fingerprint density at radius 3 is 2.45 bits per heavy atom. The zero-order valence-electron chi connectivity index (χ0n) is 11.4. The molecule has 0 fully saturated rings. The fraction of sp³-hybridized carbons (Fsp3) is 0.462. The molecule has 20 heavy (non-hydrogen) atoms. The van der Waals surface area contributed by atoms with Crippen LogP contribution in [0.15, 0.2) is 23.1 Å². The first kappa shape index (κ1) is 16.9. The molecular formula is C13H16ClFO4S. The van der Waals surface area contributed by atoms with Gasteiger partial charge >= 0.3 is 5.97 Å². The second kappa shape index (κ2) is 6.54. The Morgan fingerprint density at radius 2 is 1.95 bits per heavy atom. The van der Waals surface area contributed by atoms with E-state index in [4.69, 9.17) is 15.4 Å². The maximum Gasteiger partial charge on any atom is 0.341 e. The summed E-state index contributed by atoms with van der Waals surface area (Å²) in [7, 11) is 1.13. The third-order valence-electron chi connectivity index (χ3n) is 2.55. The first-order valence-electron chi connectivity index (χ1n) is 6.06. The van der Waals surface area contributed by atoms with E-state index in [0.717, 1.165) is 18.2 Å². The summed E-state index contributed by atoms with van der Waals surface area (Å²) in [5.41, 5.74) is -0.442. The van der Waals surface area contributed by atoms with Gasteiger partial charge in [-0.1, -0.05) is 13.8 Å². The zero-order valence-corrected chi connectivity index (χ0v) is 13.0. The van der Waals surface area contributed by atoms with Crippen LogP contribution in [-0.2, 0) is 13.8 Å². The number of rotatable bonds is 5. The van der Waals surface area contributed by atoms with Crippen LogP contribution in [0.25, 0.3) is 0 Å². The lowest BCUT2D eigenvalue weighted by Crippen LogP contribution is -2.18.